The van der Waals surface area contributed by atoms with Gasteiger partial charge in [0.2, 0.25) is 0 Å². The molecular formula is C22H30FN3O6S+2. The molecule has 1 aromatic carbocycles. The van der Waals surface area contributed by atoms with Crippen molar-refractivity contribution >= 4 is 28.0 Å². The number of aliphatic hydroxyl groups excluding tert-OH is 2. The summed E-state index contributed by atoms with van der Waals surface area (Å²) in [6.07, 6.45) is 1.04. The Morgan fingerprint density at radius 2 is 1.85 bits per heavy atom. The monoisotopic (exact) mass is 483 g/mol. The van der Waals surface area contributed by atoms with Gasteiger partial charge in [-0.05, 0) is 30.3 Å². The smallest absolute Gasteiger partial charge is 0.481 e. The molecule has 0 aliphatic rings. The van der Waals surface area contributed by atoms with Crippen molar-refractivity contribution in [3.63, 3.8) is 0 Å². The van der Waals surface area contributed by atoms with Crippen LogP contribution in [0.3, 0.4) is 0 Å². The van der Waals surface area contributed by atoms with Gasteiger partial charge in [0, 0.05) is 22.9 Å². The molecule has 0 saturated heterocycles. The highest BCUT2D eigenvalue weighted by Gasteiger charge is 2.32. The highest BCUT2D eigenvalue weighted by Crippen LogP contribution is 2.28. The van der Waals surface area contributed by atoms with Crippen LogP contribution in [-0.4, -0.2) is 60.2 Å². The van der Waals surface area contributed by atoms with E-state index >= 15 is 0 Å². The van der Waals surface area contributed by atoms with Gasteiger partial charge in [0.05, 0.1) is 37.5 Å². The molecule has 11 heteroatoms. The van der Waals surface area contributed by atoms with Crippen LogP contribution in [0.15, 0.2) is 30.3 Å². The summed E-state index contributed by atoms with van der Waals surface area (Å²) in [5.41, 5.74) is 2.14. The summed E-state index contributed by atoms with van der Waals surface area (Å²) >= 11 is 0. The minimum atomic E-state index is -3.54. The number of quaternary nitrogens is 1. The Labute approximate surface area is 192 Å². The van der Waals surface area contributed by atoms with Crippen LogP contribution < -0.4 is 9.29 Å². The van der Waals surface area contributed by atoms with Crippen LogP contribution in [0.2, 0.25) is 0 Å². The van der Waals surface area contributed by atoms with Crippen LogP contribution in [0.25, 0.3) is 17.3 Å². The van der Waals surface area contributed by atoms with Gasteiger partial charge in [0.15, 0.2) is 5.69 Å². The van der Waals surface area contributed by atoms with Crippen molar-refractivity contribution in [2.75, 3.05) is 13.3 Å². The van der Waals surface area contributed by atoms with Gasteiger partial charge in [-0.3, -0.25) is 4.79 Å². The number of aliphatic carboxylic acids is 1. The van der Waals surface area contributed by atoms with Crippen LogP contribution in [0, 0.1) is 5.82 Å². The summed E-state index contributed by atoms with van der Waals surface area (Å²) < 4.78 is 37.8. The molecular weight excluding hydrogens is 453 g/mol. The van der Waals surface area contributed by atoms with E-state index in [1.54, 1.807) is 6.08 Å². The molecule has 180 valence electrons. The van der Waals surface area contributed by atoms with Crippen LogP contribution in [0.5, 0.6) is 0 Å². The molecule has 2 rings (SSSR count). The van der Waals surface area contributed by atoms with E-state index in [0.717, 1.165) is 6.26 Å². The maximum absolute atomic E-state index is 13.5. The SMILES string of the molecule is CC(C)c1nc([NH+](C)S(C)(=O)=O)[nH+]c(-c2ccc(F)cc2)c1C=CC(O)CC(O)CC(=O)O. The van der Waals surface area contributed by atoms with Gasteiger partial charge in [0.1, 0.15) is 11.5 Å². The van der Waals surface area contributed by atoms with E-state index in [9.17, 15) is 27.8 Å². The first-order chi connectivity index (χ1) is 15.3. The van der Waals surface area contributed by atoms with E-state index in [1.807, 2.05) is 13.8 Å². The summed E-state index contributed by atoms with van der Waals surface area (Å²) in [6, 6.07) is 5.62. The molecule has 0 aliphatic carbocycles. The largest absolute Gasteiger partial charge is 0.509 e. The molecule has 0 aliphatic heterocycles. The van der Waals surface area contributed by atoms with Crippen molar-refractivity contribution in [1.29, 1.82) is 0 Å². The predicted octanol–water partition coefficient (Wildman–Crippen LogP) is 0.531. The number of carbonyl (C=O) groups is 1. The molecule has 0 bridgehead atoms. The third-order valence-electron chi connectivity index (χ3n) is 5.00. The van der Waals surface area contributed by atoms with E-state index in [2.05, 4.69) is 9.97 Å². The van der Waals surface area contributed by atoms with Crippen LogP contribution in [0.1, 0.15) is 43.9 Å². The summed E-state index contributed by atoms with van der Waals surface area (Å²) in [4.78, 5) is 18.3. The molecule has 5 N–H and O–H groups in total. The number of nitrogens with one attached hydrogen (secondary N) is 2. The van der Waals surface area contributed by atoms with Gasteiger partial charge in [-0.1, -0.05) is 19.9 Å². The number of aromatic amines is 1. The van der Waals surface area contributed by atoms with Crippen molar-refractivity contribution in [1.82, 2.24) is 4.98 Å². The van der Waals surface area contributed by atoms with Crippen LogP contribution in [0.4, 0.5) is 10.3 Å². The lowest BCUT2D eigenvalue weighted by atomic mass is 9.97. The summed E-state index contributed by atoms with van der Waals surface area (Å²) in [7, 11) is -2.10. The third kappa shape index (κ3) is 7.39. The lowest BCUT2D eigenvalue weighted by molar-refractivity contribution is -0.724. The lowest BCUT2D eigenvalue weighted by Crippen LogP contribution is -3.07. The van der Waals surface area contributed by atoms with Gasteiger partial charge in [0.25, 0.3) is 0 Å². The number of benzene rings is 1. The maximum atomic E-state index is 13.5. The highest BCUT2D eigenvalue weighted by molar-refractivity contribution is 7.84. The fourth-order valence-electron chi connectivity index (χ4n) is 3.17. The number of sulfonamides is 1. The lowest BCUT2D eigenvalue weighted by Gasteiger charge is -2.13. The van der Waals surface area contributed by atoms with Crippen molar-refractivity contribution in [2.45, 2.75) is 44.8 Å². The predicted molar refractivity (Wildman–Crippen MR) is 120 cm³/mol. The van der Waals surface area contributed by atoms with Gasteiger partial charge in [-0.25, -0.2) is 4.39 Å². The number of carboxylic acids is 1. The first kappa shape index (κ1) is 26.5. The van der Waals surface area contributed by atoms with Gasteiger partial charge < -0.3 is 15.3 Å². The average molecular weight is 484 g/mol. The topological polar surface area (TPSA) is 143 Å². The van der Waals surface area contributed by atoms with E-state index in [4.69, 9.17) is 5.11 Å². The van der Waals surface area contributed by atoms with Gasteiger partial charge >= 0.3 is 21.9 Å². The molecule has 3 unspecified atom stereocenters. The molecule has 0 fully saturated rings. The Morgan fingerprint density at radius 1 is 1.24 bits per heavy atom. The molecule has 9 nitrogen and oxygen atoms in total. The third-order valence-corrected chi connectivity index (χ3v) is 6.30. The second-order valence-electron chi connectivity index (χ2n) is 8.16. The van der Waals surface area contributed by atoms with Crippen LogP contribution >= 0.6 is 0 Å². The summed E-state index contributed by atoms with van der Waals surface area (Å²) in [6.45, 7) is 3.75. The van der Waals surface area contributed by atoms with Crippen LogP contribution in [-0.2, 0) is 14.8 Å². The number of aromatic nitrogens is 2. The number of H-pyrrole nitrogens is 1. The average Bonchev–Trinajstić information content (AvgIpc) is 2.70. The zero-order chi connectivity index (χ0) is 24.9. The normalized spacial score (nSPS) is 15.0. The Morgan fingerprint density at radius 3 is 2.36 bits per heavy atom. The standard InChI is InChI=1S/C22H28FN3O6S/c1-13(2)20-18(10-9-16(27)11-17(28)12-19(29)30)21(14-5-7-15(23)8-6-14)25-22(24-20)26(3)33(4,31)32/h5-10,13,16-17,27-28H,11-12H2,1-4H3,(H,29,30)/p+2. The number of aliphatic hydroxyl groups is 2. The minimum Gasteiger partial charge on any atom is -0.481 e. The molecule has 2 aromatic rings. The zero-order valence-corrected chi connectivity index (χ0v) is 19.7. The summed E-state index contributed by atoms with van der Waals surface area (Å²) in [5, 5.41) is 28.8. The second-order valence-corrected chi connectivity index (χ2v) is 10.3. The Kier molecular flexibility index (Phi) is 8.78. The van der Waals surface area contributed by atoms with Crippen molar-refractivity contribution < 1.29 is 42.2 Å². The van der Waals surface area contributed by atoms with Crippen molar-refractivity contribution in [3.8, 4) is 11.3 Å². The molecule has 1 heterocycles. The van der Waals surface area contributed by atoms with Gasteiger partial charge in [-0.2, -0.15) is 13.4 Å². The highest BCUT2D eigenvalue weighted by atomic mass is 32.2. The van der Waals surface area contributed by atoms with E-state index < -0.39 is 40.4 Å². The maximum Gasteiger partial charge on any atom is 0.509 e. The molecule has 1 aromatic heterocycles. The van der Waals surface area contributed by atoms with E-state index in [0.29, 0.717) is 22.5 Å². The van der Waals surface area contributed by atoms with E-state index in [1.165, 1.54) is 37.4 Å². The van der Waals surface area contributed by atoms with Crippen molar-refractivity contribution in [2.24, 2.45) is 0 Å². The van der Waals surface area contributed by atoms with Gasteiger partial charge in [-0.15, -0.1) is 4.31 Å². The molecule has 0 radical (unpaired) electrons. The fraction of sp³-hybridized carbons (Fsp3) is 0.409. The first-order valence-corrected chi connectivity index (χ1v) is 12.2. The summed E-state index contributed by atoms with van der Waals surface area (Å²) in [5.74, 6) is -1.60. The second kappa shape index (κ2) is 10.9. The molecule has 0 saturated carbocycles. The zero-order valence-electron chi connectivity index (χ0n) is 18.9. The minimum absolute atomic E-state index is 0.0418. The quantitative estimate of drug-likeness (QED) is 0.386. The number of hydrogen-bond acceptors (Lipinski definition) is 6. The first-order valence-electron chi connectivity index (χ1n) is 10.3. The number of rotatable bonds is 10. The Hall–Kier alpha value is -2.73. The molecule has 33 heavy (non-hydrogen) atoms. The Balaban J connectivity index is 2.61. The molecule has 0 spiro atoms. The number of nitrogens with zero attached hydrogens (tertiary/aromatic N) is 1. The molecule has 0 amide bonds. The molecule has 3 atom stereocenters. The number of halogens is 1. The van der Waals surface area contributed by atoms with Crippen molar-refractivity contribution in [3.05, 3.63) is 47.4 Å². The fourth-order valence-corrected chi connectivity index (χ4v) is 3.62. The Bertz CT molecular complexity index is 1120. The number of carboxylic acid groups (broad SMARTS) is 1. The van der Waals surface area contributed by atoms with E-state index in [-0.39, 0.29) is 22.6 Å². The number of hydrogen-bond donors (Lipinski definition) is 4.